The molecule has 2 saturated heterocycles. The maximum Gasteiger partial charge on any atom is 0.225 e. The molecule has 204 valence electrons. The van der Waals surface area contributed by atoms with Crippen LogP contribution in [0.25, 0.3) is 0 Å². The van der Waals surface area contributed by atoms with Crippen LogP contribution in [0.4, 0.5) is 10.2 Å². The quantitative estimate of drug-likeness (QED) is 0.413. The second kappa shape index (κ2) is 13.4. The van der Waals surface area contributed by atoms with Gasteiger partial charge in [0.05, 0.1) is 17.2 Å². The van der Waals surface area contributed by atoms with Gasteiger partial charge in [0.2, 0.25) is 11.8 Å². The molecule has 0 spiro atoms. The minimum absolute atomic E-state index is 0.0669. The molecule has 7 nitrogen and oxygen atoms in total. The Kier molecular flexibility index (Phi) is 9.72. The minimum atomic E-state index is -0.124. The summed E-state index contributed by atoms with van der Waals surface area (Å²) in [6, 6.07) is 14.3. The first-order valence-corrected chi connectivity index (χ1v) is 13.6. The van der Waals surface area contributed by atoms with E-state index in [9.17, 15) is 9.18 Å². The van der Waals surface area contributed by atoms with Crippen LogP contribution in [0.5, 0.6) is 5.88 Å². The normalized spacial score (nSPS) is 17.3. The van der Waals surface area contributed by atoms with E-state index >= 15 is 0 Å². The van der Waals surface area contributed by atoms with Gasteiger partial charge in [-0.25, -0.2) is 14.4 Å². The van der Waals surface area contributed by atoms with Crippen molar-refractivity contribution in [1.82, 2.24) is 14.9 Å². The first-order chi connectivity index (χ1) is 18.8. The van der Waals surface area contributed by atoms with Crippen LogP contribution < -0.4 is 9.64 Å². The van der Waals surface area contributed by atoms with E-state index in [1.54, 1.807) is 43.6 Å². The molecule has 5 rings (SSSR count). The number of aromatic nitrogens is 2. The number of ether oxygens (including phenoxy) is 1. The number of benzene rings is 1. The maximum atomic E-state index is 13.0. The van der Waals surface area contributed by atoms with Crippen LogP contribution in [0.2, 0.25) is 5.02 Å². The number of nitrogens with zero attached hydrogens (tertiary/aromatic N) is 5. The highest BCUT2D eigenvalue weighted by molar-refractivity contribution is 6.30. The van der Waals surface area contributed by atoms with Crippen molar-refractivity contribution in [2.75, 3.05) is 37.7 Å². The number of hydrogen-bond donors (Lipinski definition) is 0. The Hall–Kier alpha value is -3.70. The Morgan fingerprint density at radius 2 is 1.87 bits per heavy atom. The Morgan fingerprint density at radius 1 is 1.08 bits per heavy atom. The Bertz CT molecular complexity index is 1290. The standard InChI is InChI=1S/C22H24ClN5O2.C8H9F/c23-19-2-4-21(26-13-19)30-15-17-5-8-28(14-17)22(29)18-6-9-27(10-7-18)20-3-1-16(11-24)12-25-20;1-6-3-4-8(9)7(2)5-6/h1-4,12-13,17-18H,5-10,14-15H2;3-5H,1-2H3. The van der Waals surface area contributed by atoms with E-state index in [0.717, 1.165) is 62.4 Å². The molecule has 4 heterocycles. The molecule has 2 fully saturated rings. The van der Waals surface area contributed by atoms with Crippen LogP contribution in [0.1, 0.15) is 36.0 Å². The van der Waals surface area contributed by atoms with Crippen LogP contribution in [-0.2, 0) is 4.79 Å². The second-order valence-corrected chi connectivity index (χ2v) is 10.5. The van der Waals surface area contributed by atoms with Gasteiger partial charge in [0.25, 0.3) is 0 Å². The maximum absolute atomic E-state index is 13.0. The Labute approximate surface area is 234 Å². The number of piperidine rings is 1. The summed E-state index contributed by atoms with van der Waals surface area (Å²) in [5, 5.41) is 9.48. The van der Waals surface area contributed by atoms with Crippen molar-refractivity contribution in [2.24, 2.45) is 11.8 Å². The summed E-state index contributed by atoms with van der Waals surface area (Å²) in [6.07, 6.45) is 5.77. The zero-order valence-electron chi connectivity index (χ0n) is 22.3. The van der Waals surface area contributed by atoms with E-state index in [0.29, 0.717) is 29.0 Å². The molecular formula is C30H33ClFN5O2. The lowest BCUT2D eigenvalue weighted by atomic mass is 9.95. The van der Waals surface area contributed by atoms with Crippen LogP contribution >= 0.6 is 11.6 Å². The van der Waals surface area contributed by atoms with Crippen molar-refractivity contribution in [2.45, 2.75) is 33.1 Å². The summed E-state index contributed by atoms with van der Waals surface area (Å²) in [7, 11) is 0. The second-order valence-electron chi connectivity index (χ2n) is 10.1. The fourth-order valence-electron chi connectivity index (χ4n) is 4.87. The number of aryl methyl sites for hydroxylation is 2. The minimum Gasteiger partial charge on any atom is -0.477 e. The molecule has 2 aromatic heterocycles. The fourth-order valence-corrected chi connectivity index (χ4v) is 4.98. The molecule has 0 saturated carbocycles. The van der Waals surface area contributed by atoms with E-state index in [1.165, 1.54) is 6.07 Å². The fraction of sp³-hybridized carbons (Fsp3) is 0.400. The number of hydrogen-bond acceptors (Lipinski definition) is 6. The van der Waals surface area contributed by atoms with E-state index < -0.39 is 0 Å². The smallest absolute Gasteiger partial charge is 0.225 e. The van der Waals surface area contributed by atoms with Crippen molar-refractivity contribution in [3.63, 3.8) is 0 Å². The van der Waals surface area contributed by atoms with Crippen molar-refractivity contribution in [3.05, 3.63) is 82.4 Å². The SMILES string of the molecule is Cc1ccc(F)c(C)c1.N#Cc1ccc(N2CCC(C(=O)N3CCC(COc4ccc(Cl)cn4)C3)CC2)nc1. The van der Waals surface area contributed by atoms with Gasteiger partial charge in [0.15, 0.2) is 0 Å². The number of pyridine rings is 2. The van der Waals surface area contributed by atoms with Crippen LogP contribution in [0, 0.1) is 42.8 Å². The molecule has 3 aromatic rings. The third kappa shape index (κ3) is 7.90. The van der Waals surface area contributed by atoms with E-state index in [-0.39, 0.29) is 17.6 Å². The van der Waals surface area contributed by atoms with Gasteiger partial charge in [-0.05, 0) is 62.9 Å². The number of likely N-dealkylation sites (tertiary alicyclic amines) is 1. The molecule has 0 N–H and O–H groups in total. The average molecular weight is 550 g/mol. The highest BCUT2D eigenvalue weighted by atomic mass is 35.5. The number of carbonyl (C=O) groups excluding carboxylic acids is 1. The summed E-state index contributed by atoms with van der Waals surface area (Å²) in [4.78, 5) is 25.7. The topological polar surface area (TPSA) is 82.4 Å². The van der Waals surface area contributed by atoms with Crippen molar-refractivity contribution < 1.29 is 13.9 Å². The Balaban J connectivity index is 0.000000333. The molecule has 1 unspecified atom stereocenters. The number of nitriles is 1. The van der Waals surface area contributed by atoms with E-state index in [4.69, 9.17) is 21.6 Å². The molecule has 0 aliphatic carbocycles. The van der Waals surface area contributed by atoms with Crippen molar-refractivity contribution >= 4 is 23.3 Å². The number of anilines is 1. The van der Waals surface area contributed by atoms with Gasteiger partial charge >= 0.3 is 0 Å². The van der Waals surface area contributed by atoms with Gasteiger partial charge < -0.3 is 14.5 Å². The highest BCUT2D eigenvalue weighted by Crippen LogP contribution is 2.26. The van der Waals surface area contributed by atoms with Gasteiger partial charge in [-0.1, -0.05) is 29.3 Å². The summed E-state index contributed by atoms with van der Waals surface area (Å²) < 4.78 is 18.3. The molecule has 2 aliphatic heterocycles. The highest BCUT2D eigenvalue weighted by Gasteiger charge is 2.33. The number of amides is 1. The average Bonchev–Trinajstić information content (AvgIpc) is 3.44. The summed E-state index contributed by atoms with van der Waals surface area (Å²) >= 11 is 5.84. The molecule has 0 radical (unpaired) electrons. The largest absolute Gasteiger partial charge is 0.477 e. The predicted molar refractivity (Wildman–Crippen MR) is 149 cm³/mol. The molecule has 2 aliphatic rings. The zero-order valence-corrected chi connectivity index (χ0v) is 23.1. The summed E-state index contributed by atoms with van der Waals surface area (Å²) in [5.41, 5.74) is 2.38. The molecular weight excluding hydrogens is 517 g/mol. The lowest BCUT2D eigenvalue weighted by molar-refractivity contribution is -0.135. The molecule has 0 bridgehead atoms. The predicted octanol–water partition coefficient (Wildman–Crippen LogP) is 5.59. The number of halogens is 2. The molecule has 39 heavy (non-hydrogen) atoms. The zero-order chi connectivity index (χ0) is 27.8. The van der Waals surface area contributed by atoms with Gasteiger partial charge in [-0.3, -0.25) is 4.79 Å². The van der Waals surface area contributed by atoms with Crippen LogP contribution in [0.15, 0.2) is 54.9 Å². The van der Waals surface area contributed by atoms with Gasteiger partial charge in [0, 0.05) is 56.5 Å². The Morgan fingerprint density at radius 3 is 2.49 bits per heavy atom. The van der Waals surface area contributed by atoms with Crippen LogP contribution in [0.3, 0.4) is 0 Å². The van der Waals surface area contributed by atoms with Gasteiger partial charge in [-0.15, -0.1) is 0 Å². The van der Waals surface area contributed by atoms with Gasteiger partial charge in [-0.2, -0.15) is 5.26 Å². The number of carbonyl (C=O) groups is 1. The first kappa shape index (κ1) is 28.3. The van der Waals surface area contributed by atoms with Crippen molar-refractivity contribution in [3.8, 4) is 11.9 Å². The third-order valence-corrected chi connectivity index (χ3v) is 7.35. The summed E-state index contributed by atoms with van der Waals surface area (Å²) in [5.74, 6) is 1.96. The number of rotatable bonds is 5. The lowest BCUT2D eigenvalue weighted by Gasteiger charge is -2.33. The molecule has 1 aromatic carbocycles. The first-order valence-electron chi connectivity index (χ1n) is 13.2. The van der Waals surface area contributed by atoms with Crippen LogP contribution in [-0.4, -0.2) is 53.6 Å². The monoisotopic (exact) mass is 549 g/mol. The van der Waals surface area contributed by atoms with E-state index in [1.807, 2.05) is 24.0 Å². The van der Waals surface area contributed by atoms with Crippen molar-refractivity contribution in [1.29, 1.82) is 5.26 Å². The molecule has 1 amide bonds. The molecule has 1 atom stereocenters. The third-order valence-electron chi connectivity index (χ3n) is 7.12. The molecule has 9 heteroatoms. The van der Waals surface area contributed by atoms with E-state index in [2.05, 4.69) is 20.9 Å². The lowest BCUT2D eigenvalue weighted by Crippen LogP contribution is -2.42. The van der Waals surface area contributed by atoms with Gasteiger partial charge in [0.1, 0.15) is 17.7 Å². The summed E-state index contributed by atoms with van der Waals surface area (Å²) in [6.45, 7) is 7.41.